The molecule has 2 heterocycles. The Labute approximate surface area is 196 Å². The van der Waals surface area contributed by atoms with Crippen LogP contribution >= 0.6 is 11.8 Å². The fourth-order valence-electron chi connectivity index (χ4n) is 3.74. The second-order valence-corrected chi connectivity index (χ2v) is 9.40. The van der Waals surface area contributed by atoms with Crippen molar-refractivity contribution in [3.05, 3.63) is 79.9 Å². The van der Waals surface area contributed by atoms with Gasteiger partial charge in [-0.2, -0.15) is 0 Å². The lowest BCUT2D eigenvalue weighted by atomic mass is 10.0. The van der Waals surface area contributed by atoms with Gasteiger partial charge in [-0.1, -0.05) is 23.9 Å². The van der Waals surface area contributed by atoms with E-state index in [2.05, 4.69) is 0 Å². The van der Waals surface area contributed by atoms with Crippen molar-refractivity contribution in [3.63, 3.8) is 0 Å². The van der Waals surface area contributed by atoms with Crippen LogP contribution in [0, 0.1) is 13.8 Å². The van der Waals surface area contributed by atoms with Crippen LogP contribution in [-0.2, 0) is 17.0 Å². The number of ether oxygens (including phenoxy) is 1. The van der Waals surface area contributed by atoms with Crippen LogP contribution in [0.4, 0.5) is 0 Å². The second-order valence-electron chi connectivity index (χ2n) is 8.45. The van der Waals surface area contributed by atoms with Crippen LogP contribution in [0.5, 0.6) is 0 Å². The number of benzene rings is 2. The molecule has 0 unspecified atom stereocenters. The van der Waals surface area contributed by atoms with Gasteiger partial charge in [0.2, 0.25) is 0 Å². The lowest BCUT2D eigenvalue weighted by molar-refractivity contribution is 0.0743. The number of rotatable bonds is 8. The second kappa shape index (κ2) is 9.93. The SMILES string of the molecule is Cc1cc2oc(=O)cc(CSc3nc4ccccc4c(=O)n3CCCOC(C)C)c2cc1C. The highest BCUT2D eigenvalue weighted by molar-refractivity contribution is 7.98. The number of hydrogen-bond donors (Lipinski definition) is 0. The van der Waals surface area contributed by atoms with Gasteiger partial charge in [-0.15, -0.1) is 0 Å². The van der Waals surface area contributed by atoms with Crippen molar-refractivity contribution in [1.29, 1.82) is 0 Å². The molecule has 0 spiro atoms. The van der Waals surface area contributed by atoms with Crippen LogP contribution in [0.15, 0.2) is 61.6 Å². The van der Waals surface area contributed by atoms with Gasteiger partial charge >= 0.3 is 5.63 Å². The van der Waals surface area contributed by atoms with E-state index in [1.54, 1.807) is 10.6 Å². The topological polar surface area (TPSA) is 74.3 Å². The van der Waals surface area contributed by atoms with Gasteiger partial charge in [0.1, 0.15) is 5.58 Å². The zero-order valence-corrected chi connectivity index (χ0v) is 20.2. The summed E-state index contributed by atoms with van der Waals surface area (Å²) in [6.45, 7) is 9.12. The van der Waals surface area contributed by atoms with E-state index >= 15 is 0 Å². The predicted molar refractivity (Wildman–Crippen MR) is 133 cm³/mol. The van der Waals surface area contributed by atoms with Crippen LogP contribution in [0.3, 0.4) is 0 Å². The Kier molecular flexibility index (Phi) is 7.00. The van der Waals surface area contributed by atoms with Gasteiger partial charge < -0.3 is 9.15 Å². The van der Waals surface area contributed by atoms with Crippen LogP contribution in [0.1, 0.15) is 37.0 Å². The first kappa shape index (κ1) is 23.3. The molecule has 0 saturated heterocycles. The zero-order chi connectivity index (χ0) is 23.5. The number of nitrogens with zero attached hydrogens (tertiary/aromatic N) is 2. The smallest absolute Gasteiger partial charge is 0.336 e. The van der Waals surface area contributed by atoms with Crippen molar-refractivity contribution in [2.75, 3.05) is 6.61 Å². The molecule has 0 atom stereocenters. The zero-order valence-electron chi connectivity index (χ0n) is 19.4. The third-order valence-corrected chi connectivity index (χ3v) is 6.63. The molecule has 0 amide bonds. The van der Waals surface area contributed by atoms with Crippen molar-refractivity contribution in [2.45, 2.75) is 57.7 Å². The van der Waals surface area contributed by atoms with Crippen molar-refractivity contribution in [3.8, 4) is 0 Å². The predicted octanol–water partition coefficient (Wildman–Crippen LogP) is 5.23. The number of aryl methyl sites for hydroxylation is 2. The van der Waals surface area contributed by atoms with Gasteiger partial charge in [0.05, 0.1) is 17.0 Å². The minimum atomic E-state index is -0.379. The third kappa shape index (κ3) is 5.20. The molecule has 0 saturated carbocycles. The van der Waals surface area contributed by atoms with Gasteiger partial charge in [0.15, 0.2) is 5.16 Å². The Hall–Kier alpha value is -2.90. The quantitative estimate of drug-likeness (QED) is 0.154. The first-order valence-corrected chi connectivity index (χ1v) is 12.1. The van der Waals surface area contributed by atoms with E-state index in [9.17, 15) is 9.59 Å². The first-order chi connectivity index (χ1) is 15.8. The molecule has 0 radical (unpaired) electrons. The average molecular weight is 465 g/mol. The normalized spacial score (nSPS) is 11.7. The standard InChI is InChI=1S/C26H28N2O4S/c1-16(2)31-11-7-10-28-25(30)20-8-5-6-9-22(20)27-26(28)33-15-19-14-24(29)32-23-13-18(4)17(3)12-21(19)23/h5-6,8-9,12-14,16H,7,10-11,15H2,1-4H3. The number of aromatic nitrogens is 2. The van der Waals surface area contributed by atoms with Gasteiger partial charge in [-0.3, -0.25) is 9.36 Å². The Bertz CT molecular complexity index is 1420. The molecule has 0 aliphatic carbocycles. The molecule has 33 heavy (non-hydrogen) atoms. The highest BCUT2D eigenvalue weighted by Crippen LogP contribution is 2.28. The monoisotopic (exact) mass is 464 g/mol. The van der Waals surface area contributed by atoms with Crippen LogP contribution < -0.4 is 11.2 Å². The summed E-state index contributed by atoms with van der Waals surface area (Å²) in [6.07, 6.45) is 0.859. The summed E-state index contributed by atoms with van der Waals surface area (Å²) >= 11 is 1.46. The average Bonchev–Trinajstić information content (AvgIpc) is 2.77. The molecule has 4 aromatic rings. The van der Waals surface area contributed by atoms with Crippen LogP contribution in [0.25, 0.3) is 21.9 Å². The highest BCUT2D eigenvalue weighted by Gasteiger charge is 2.14. The summed E-state index contributed by atoms with van der Waals surface area (Å²) in [6, 6.07) is 12.9. The van der Waals surface area contributed by atoms with Crippen molar-refractivity contribution >= 4 is 33.6 Å². The van der Waals surface area contributed by atoms with Crippen LogP contribution in [0.2, 0.25) is 0 Å². The molecule has 4 rings (SSSR count). The van der Waals surface area contributed by atoms with E-state index in [0.717, 1.165) is 22.1 Å². The third-order valence-electron chi connectivity index (χ3n) is 5.61. The number of fused-ring (bicyclic) bond motifs is 2. The molecule has 0 N–H and O–H groups in total. The molecule has 0 aliphatic rings. The summed E-state index contributed by atoms with van der Waals surface area (Å²) in [4.78, 5) is 30.2. The molecule has 2 aromatic heterocycles. The highest BCUT2D eigenvalue weighted by atomic mass is 32.2. The van der Waals surface area contributed by atoms with Crippen molar-refractivity contribution in [1.82, 2.24) is 9.55 Å². The van der Waals surface area contributed by atoms with E-state index in [4.69, 9.17) is 14.1 Å². The van der Waals surface area contributed by atoms with E-state index in [-0.39, 0.29) is 17.3 Å². The van der Waals surface area contributed by atoms with Gasteiger partial charge in [0.25, 0.3) is 5.56 Å². The van der Waals surface area contributed by atoms with Gasteiger partial charge in [-0.05, 0) is 75.1 Å². The number of para-hydroxylation sites is 1. The molecular formula is C26H28N2O4S. The van der Waals surface area contributed by atoms with Gasteiger partial charge in [-0.25, -0.2) is 9.78 Å². The first-order valence-electron chi connectivity index (χ1n) is 11.1. The molecular weight excluding hydrogens is 436 g/mol. The maximum absolute atomic E-state index is 13.2. The summed E-state index contributed by atoms with van der Waals surface area (Å²) < 4.78 is 12.8. The Morgan fingerprint density at radius 3 is 2.61 bits per heavy atom. The molecule has 0 fully saturated rings. The summed E-state index contributed by atoms with van der Waals surface area (Å²) in [5.74, 6) is 0.498. The molecule has 6 nitrogen and oxygen atoms in total. The van der Waals surface area contributed by atoms with E-state index < -0.39 is 0 Å². The largest absolute Gasteiger partial charge is 0.423 e. The molecule has 0 aliphatic heterocycles. The number of thioether (sulfide) groups is 1. The summed E-state index contributed by atoms with van der Waals surface area (Å²) in [7, 11) is 0. The minimum Gasteiger partial charge on any atom is -0.423 e. The fraction of sp³-hybridized carbons (Fsp3) is 0.346. The Balaban J connectivity index is 1.69. The maximum atomic E-state index is 13.2. The lowest BCUT2D eigenvalue weighted by Gasteiger charge is -2.14. The Morgan fingerprint density at radius 2 is 1.82 bits per heavy atom. The molecule has 0 bridgehead atoms. The van der Waals surface area contributed by atoms with Crippen molar-refractivity contribution < 1.29 is 9.15 Å². The molecule has 2 aromatic carbocycles. The molecule has 7 heteroatoms. The Morgan fingerprint density at radius 1 is 1.06 bits per heavy atom. The van der Waals surface area contributed by atoms with Crippen molar-refractivity contribution in [2.24, 2.45) is 0 Å². The van der Waals surface area contributed by atoms with Gasteiger partial charge in [0, 0.05) is 30.4 Å². The lowest BCUT2D eigenvalue weighted by Crippen LogP contribution is -2.24. The summed E-state index contributed by atoms with van der Waals surface area (Å²) in [5.41, 5.74) is 3.89. The number of hydrogen-bond acceptors (Lipinski definition) is 6. The molecule has 172 valence electrons. The van der Waals surface area contributed by atoms with E-state index in [1.807, 2.05) is 58.0 Å². The van der Waals surface area contributed by atoms with E-state index in [0.29, 0.717) is 47.0 Å². The summed E-state index contributed by atoms with van der Waals surface area (Å²) in [5, 5.41) is 2.14. The maximum Gasteiger partial charge on any atom is 0.336 e. The minimum absolute atomic E-state index is 0.0588. The fourth-order valence-corrected chi connectivity index (χ4v) is 4.76. The van der Waals surface area contributed by atoms with E-state index in [1.165, 1.54) is 17.8 Å². The van der Waals surface area contributed by atoms with Crippen LogP contribution in [-0.4, -0.2) is 22.3 Å².